The summed E-state index contributed by atoms with van der Waals surface area (Å²) in [5.74, 6) is 0. The summed E-state index contributed by atoms with van der Waals surface area (Å²) in [5.41, 5.74) is 8.35. The van der Waals surface area contributed by atoms with Gasteiger partial charge in [0.25, 0.3) is 0 Å². The molecule has 1 heterocycles. The Morgan fingerprint density at radius 3 is 2.43 bits per heavy atom. The van der Waals surface area contributed by atoms with Crippen LogP contribution in [-0.4, -0.2) is 23.0 Å². The van der Waals surface area contributed by atoms with Crippen LogP contribution in [0.2, 0.25) is 5.02 Å². The van der Waals surface area contributed by atoms with E-state index in [2.05, 4.69) is 11.0 Å². The van der Waals surface area contributed by atoms with Crippen molar-refractivity contribution in [1.82, 2.24) is 4.90 Å². The number of likely N-dealkylation sites (tertiary alicyclic amines) is 1. The lowest BCUT2D eigenvalue weighted by atomic mass is 9.77. The molecule has 0 unspecified atom stereocenters. The third-order valence-electron chi connectivity index (χ3n) is 5.31. The minimum atomic E-state index is 0.407. The normalized spacial score (nSPS) is 21.8. The van der Waals surface area contributed by atoms with Gasteiger partial charge in [0, 0.05) is 17.1 Å². The first-order valence-electron chi connectivity index (χ1n) is 7.89. The fourth-order valence-corrected chi connectivity index (χ4v) is 4.25. The van der Waals surface area contributed by atoms with Gasteiger partial charge in [-0.2, -0.15) is 0 Å². The Bertz CT molecular complexity index is 528. The zero-order valence-electron chi connectivity index (χ0n) is 12.4. The van der Waals surface area contributed by atoms with Gasteiger partial charge in [-0.15, -0.1) is 0 Å². The average Bonchev–Trinajstić information content (AvgIpc) is 2.92. The van der Waals surface area contributed by atoms with Gasteiger partial charge >= 0.3 is 0 Å². The Kier molecular flexibility index (Phi) is 4.53. The number of nitrogens with two attached hydrogens (primary N) is 1. The molecular weight excluding hydrogens is 300 g/mol. The monoisotopic (exact) mass is 322 g/mol. The molecule has 0 aromatic heterocycles. The van der Waals surface area contributed by atoms with Crippen molar-refractivity contribution in [3.05, 3.63) is 34.3 Å². The lowest BCUT2D eigenvalue weighted by molar-refractivity contribution is 0.103. The summed E-state index contributed by atoms with van der Waals surface area (Å²) in [6.45, 7) is 3.34. The number of piperidine rings is 1. The van der Waals surface area contributed by atoms with Gasteiger partial charge < -0.3 is 5.73 Å². The fourth-order valence-electron chi connectivity index (χ4n) is 3.88. The summed E-state index contributed by atoms with van der Waals surface area (Å²) < 4.78 is 0. The minimum absolute atomic E-state index is 0.407. The van der Waals surface area contributed by atoms with Gasteiger partial charge in [0.1, 0.15) is 4.99 Å². The molecule has 1 aromatic carbocycles. The van der Waals surface area contributed by atoms with Gasteiger partial charge in [-0.05, 0) is 55.8 Å². The molecule has 21 heavy (non-hydrogen) atoms. The first-order chi connectivity index (χ1) is 10.1. The van der Waals surface area contributed by atoms with E-state index in [1.54, 1.807) is 0 Å². The zero-order valence-corrected chi connectivity index (χ0v) is 14.0. The Hall–Kier alpha value is -0.640. The van der Waals surface area contributed by atoms with E-state index in [4.69, 9.17) is 29.6 Å². The Balaban J connectivity index is 1.61. The molecule has 1 aliphatic heterocycles. The first kappa shape index (κ1) is 15.3. The van der Waals surface area contributed by atoms with Gasteiger partial charge in [-0.25, -0.2) is 0 Å². The molecule has 2 fully saturated rings. The van der Waals surface area contributed by atoms with Crippen LogP contribution in [0.3, 0.4) is 0 Å². The predicted molar refractivity (Wildman–Crippen MR) is 92.8 cm³/mol. The third kappa shape index (κ3) is 3.41. The largest absolute Gasteiger partial charge is 0.389 e. The molecule has 2 aliphatic rings. The second-order valence-electron chi connectivity index (χ2n) is 6.65. The summed E-state index contributed by atoms with van der Waals surface area (Å²) in [5, 5.41) is 0.779. The van der Waals surface area contributed by atoms with Crippen molar-refractivity contribution >= 4 is 28.8 Å². The second kappa shape index (κ2) is 6.23. The summed E-state index contributed by atoms with van der Waals surface area (Å²) in [4.78, 5) is 2.94. The molecular formula is C17H23ClN2S. The molecule has 0 bridgehead atoms. The topological polar surface area (TPSA) is 29.3 Å². The highest BCUT2D eigenvalue weighted by Crippen LogP contribution is 2.46. The van der Waals surface area contributed by atoms with Crippen LogP contribution in [-0.2, 0) is 6.54 Å². The smallest absolute Gasteiger partial charge is 0.104 e. The molecule has 1 saturated heterocycles. The lowest BCUT2D eigenvalue weighted by Gasteiger charge is -2.39. The van der Waals surface area contributed by atoms with E-state index in [0.717, 1.165) is 17.1 Å². The molecule has 2 nitrogen and oxygen atoms in total. The highest BCUT2D eigenvalue weighted by atomic mass is 35.5. The minimum Gasteiger partial charge on any atom is -0.389 e. The predicted octanol–water partition coefficient (Wildman–Crippen LogP) is 4.13. The van der Waals surface area contributed by atoms with E-state index in [0.29, 0.717) is 10.4 Å². The fraction of sp³-hybridized carbons (Fsp3) is 0.588. The molecule has 1 aromatic rings. The number of thiocarbonyl (C=S) groups is 1. The van der Waals surface area contributed by atoms with Crippen molar-refractivity contribution in [2.75, 3.05) is 13.1 Å². The Morgan fingerprint density at radius 1 is 1.19 bits per heavy atom. The summed E-state index contributed by atoms with van der Waals surface area (Å²) in [6.07, 6.45) is 8.48. The number of hydrogen-bond acceptors (Lipinski definition) is 2. The van der Waals surface area contributed by atoms with Crippen LogP contribution in [0.5, 0.6) is 0 Å². The van der Waals surface area contributed by atoms with Crippen LogP contribution in [0.15, 0.2) is 18.2 Å². The van der Waals surface area contributed by atoms with Crippen LogP contribution < -0.4 is 5.73 Å². The lowest BCUT2D eigenvalue weighted by Crippen LogP contribution is -2.38. The van der Waals surface area contributed by atoms with Crippen molar-refractivity contribution in [3.63, 3.8) is 0 Å². The van der Waals surface area contributed by atoms with E-state index in [1.165, 1.54) is 57.2 Å². The number of halogens is 1. The summed E-state index contributed by atoms with van der Waals surface area (Å²) in [6, 6.07) is 5.93. The molecule has 0 atom stereocenters. The van der Waals surface area contributed by atoms with Crippen molar-refractivity contribution in [1.29, 1.82) is 0 Å². The van der Waals surface area contributed by atoms with E-state index in [9.17, 15) is 0 Å². The van der Waals surface area contributed by atoms with Crippen molar-refractivity contribution in [3.8, 4) is 0 Å². The maximum Gasteiger partial charge on any atom is 0.104 e. The highest BCUT2D eigenvalue weighted by Gasteiger charge is 2.36. The van der Waals surface area contributed by atoms with E-state index in [1.807, 2.05) is 12.1 Å². The molecule has 0 radical (unpaired) electrons. The standard InChI is InChI=1S/C17H23ClN2S/c18-15-11-13(16(19)21)3-4-14(15)12-20-9-7-17(8-10-20)5-1-2-6-17/h3-4,11H,1-2,5-10,12H2,(H2,19,21). The van der Waals surface area contributed by atoms with Crippen molar-refractivity contribution in [2.24, 2.45) is 11.1 Å². The van der Waals surface area contributed by atoms with Gasteiger partial charge in [-0.3, -0.25) is 4.90 Å². The molecule has 114 valence electrons. The SMILES string of the molecule is NC(=S)c1ccc(CN2CCC3(CCCC3)CC2)c(Cl)c1. The molecule has 0 amide bonds. The third-order valence-corrected chi connectivity index (χ3v) is 5.90. The zero-order chi connectivity index (χ0) is 14.9. The van der Waals surface area contributed by atoms with E-state index >= 15 is 0 Å². The molecule has 4 heteroatoms. The van der Waals surface area contributed by atoms with Gasteiger partial charge in [0.2, 0.25) is 0 Å². The van der Waals surface area contributed by atoms with E-state index < -0.39 is 0 Å². The quantitative estimate of drug-likeness (QED) is 0.848. The molecule has 3 rings (SSSR count). The maximum absolute atomic E-state index is 6.37. The van der Waals surface area contributed by atoms with E-state index in [-0.39, 0.29) is 0 Å². The first-order valence-corrected chi connectivity index (χ1v) is 8.67. The van der Waals surface area contributed by atoms with Crippen LogP contribution >= 0.6 is 23.8 Å². The molecule has 2 N–H and O–H groups in total. The van der Waals surface area contributed by atoms with Crippen LogP contribution in [0, 0.1) is 5.41 Å². The number of benzene rings is 1. The van der Waals surface area contributed by atoms with Crippen LogP contribution in [0.25, 0.3) is 0 Å². The Morgan fingerprint density at radius 2 is 1.86 bits per heavy atom. The average molecular weight is 323 g/mol. The number of nitrogens with zero attached hydrogens (tertiary/aromatic N) is 1. The van der Waals surface area contributed by atoms with Gasteiger partial charge in [-0.1, -0.05) is 48.8 Å². The van der Waals surface area contributed by atoms with Crippen molar-refractivity contribution in [2.45, 2.75) is 45.1 Å². The second-order valence-corrected chi connectivity index (χ2v) is 7.50. The number of rotatable bonds is 3. The Labute approximate surface area is 137 Å². The molecule has 1 spiro atoms. The summed E-state index contributed by atoms with van der Waals surface area (Å²) >= 11 is 11.4. The highest BCUT2D eigenvalue weighted by molar-refractivity contribution is 7.80. The molecule has 1 saturated carbocycles. The maximum atomic E-state index is 6.37. The van der Waals surface area contributed by atoms with Crippen molar-refractivity contribution < 1.29 is 0 Å². The van der Waals surface area contributed by atoms with Gasteiger partial charge in [0.05, 0.1) is 0 Å². The van der Waals surface area contributed by atoms with Crippen LogP contribution in [0.4, 0.5) is 0 Å². The van der Waals surface area contributed by atoms with Crippen LogP contribution in [0.1, 0.15) is 49.7 Å². The molecule has 1 aliphatic carbocycles. The number of hydrogen-bond donors (Lipinski definition) is 1. The van der Waals surface area contributed by atoms with Gasteiger partial charge in [0.15, 0.2) is 0 Å². The summed E-state index contributed by atoms with van der Waals surface area (Å²) in [7, 11) is 0.